The smallest absolute Gasteiger partial charge is 0.269 e. The monoisotopic (exact) mass is 537 g/mol. The fourth-order valence-corrected chi connectivity index (χ4v) is 5.74. The zero-order valence-corrected chi connectivity index (χ0v) is 21.4. The standard InChI is InChI=1S/C28H22F3N3O3S/c1-15-4-6-20(7-5-15)38(35,36)34-14-24(22-10-18(29)11-25(31)27(22)37-3)23-8-17(13-33-28(23)34)21-9-19(30)12-26(32)16(21)2/h4-14H,32H2,1-3H3. The van der Waals surface area contributed by atoms with Gasteiger partial charge >= 0.3 is 0 Å². The summed E-state index contributed by atoms with van der Waals surface area (Å²) in [5.74, 6) is -2.66. The van der Waals surface area contributed by atoms with Crippen molar-refractivity contribution in [3.63, 3.8) is 0 Å². The number of ether oxygens (including phenoxy) is 1. The summed E-state index contributed by atoms with van der Waals surface area (Å²) in [5, 5.41) is 0.253. The number of hydrogen-bond acceptors (Lipinski definition) is 5. The number of nitrogen functional groups attached to an aromatic ring is 1. The molecule has 2 aromatic heterocycles. The number of nitrogens with two attached hydrogens (primary N) is 1. The Balaban J connectivity index is 1.86. The first kappa shape index (κ1) is 25.3. The SMILES string of the molecule is COc1c(F)cc(F)cc1-c1cn(S(=O)(=O)c2ccc(C)cc2)c2ncc(-c3cc(F)cc(N)c3C)cc12. The lowest BCUT2D eigenvalue weighted by atomic mass is 9.98. The number of methoxy groups -OCH3 is 1. The van der Waals surface area contributed by atoms with Crippen LogP contribution in [-0.4, -0.2) is 24.5 Å². The summed E-state index contributed by atoms with van der Waals surface area (Å²) < 4.78 is 76.8. The maximum Gasteiger partial charge on any atom is 0.269 e. The second kappa shape index (κ2) is 9.21. The maximum absolute atomic E-state index is 14.7. The molecular formula is C28H22F3N3O3S. The third-order valence-electron chi connectivity index (χ3n) is 6.42. The molecule has 194 valence electrons. The number of pyridine rings is 1. The van der Waals surface area contributed by atoms with Crippen LogP contribution in [-0.2, 0) is 10.0 Å². The molecule has 0 radical (unpaired) electrons. The maximum atomic E-state index is 14.7. The summed E-state index contributed by atoms with van der Waals surface area (Å²) in [5.41, 5.74) is 8.68. The van der Waals surface area contributed by atoms with E-state index in [-0.39, 0.29) is 38.5 Å². The second-order valence-corrected chi connectivity index (χ2v) is 10.7. The largest absolute Gasteiger partial charge is 0.493 e. The predicted octanol–water partition coefficient (Wildman–Crippen LogP) is 6.23. The lowest BCUT2D eigenvalue weighted by Crippen LogP contribution is -2.12. The summed E-state index contributed by atoms with van der Waals surface area (Å²) in [6.07, 6.45) is 2.65. The van der Waals surface area contributed by atoms with Gasteiger partial charge in [-0.3, -0.25) is 0 Å². The molecule has 0 aliphatic carbocycles. The third-order valence-corrected chi connectivity index (χ3v) is 8.08. The van der Waals surface area contributed by atoms with Gasteiger partial charge in [-0.15, -0.1) is 0 Å². The van der Waals surface area contributed by atoms with Crippen LogP contribution in [0.15, 0.2) is 71.9 Å². The summed E-state index contributed by atoms with van der Waals surface area (Å²) in [4.78, 5) is 4.41. The normalized spacial score (nSPS) is 11.7. The Morgan fingerprint density at radius 2 is 1.55 bits per heavy atom. The van der Waals surface area contributed by atoms with E-state index in [0.717, 1.165) is 15.6 Å². The lowest BCUT2D eigenvalue weighted by molar-refractivity contribution is 0.386. The molecule has 6 nitrogen and oxygen atoms in total. The number of benzene rings is 3. The van der Waals surface area contributed by atoms with E-state index in [1.54, 1.807) is 25.1 Å². The van der Waals surface area contributed by atoms with E-state index in [9.17, 15) is 21.6 Å². The molecule has 0 aliphatic rings. The van der Waals surface area contributed by atoms with Gasteiger partial charge < -0.3 is 10.5 Å². The molecule has 5 aromatic rings. The summed E-state index contributed by atoms with van der Waals surface area (Å²) in [7, 11) is -2.94. The van der Waals surface area contributed by atoms with Gasteiger partial charge in [0.15, 0.2) is 17.2 Å². The van der Waals surface area contributed by atoms with Crippen molar-refractivity contribution in [1.29, 1.82) is 0 Å². The molecule has 0 saturated heterocycles. The molecule has 0 amide bonds. The fourth-order valence-electron chi connectivity index (χ4n) is 4.42. The number of fused-ring (bicyclic) bond motifs is 1. The molecule has 0 atom stereocenters. The van der Waals surface area contributed by atoms with Crippen LogP contribution in [0.5, 0.6) is 5.75 Å². The van der Waals surface area contributed by atoms with Crippen LogP contribution < -0.4 is 10.5 Å². The highest BCUT2D eigenvalue weighted by atomic mass is 32.2. The molecule has 2 N–H and O–H groups in total. The number of anilines is 1. The van der Waals surface area contributed by atoms with Gasteiger partial charge in [-0.25, -0.2) is 30.5 Å². The molecular weight excluding hydrogens is 515 g/mol. The average Bonchev–Trinajstić information content (AvgIpc) is 3.25. The number of aryl methyl sites for hydroxylation is 1. The van der Waals surface area contributed by atoms with E-state index < -0.39 is 27.5 Å². The van der Waals surface area contributed by atoms with Gasteiger partial charge in [-0.05, 0) is 61.4 Å². The Morgan fingerprint density at radius 3 is 2.24 bits per heavy atom. The molecule has 5 rings (SSSR count). The van der Waals surface area contributed by atoms with Crippen molar-refractivity contribution < 1.29 is 26.3 Å². The first-order valence-electron chi connectivity index (χ1n) is 11.4. The lowest BCUT2D eigenvalue weighted by Gasteiger charge is -2.11. The molecule has 0 fully saturated rings. The number of aromatic nitrogens is 2. The molecule has 0 saturated carbocycles. The minimum atomic E-state index is -4.16. The van der Waals surface area contributed by atoms with Crippen LogP contribution in [0.4, 0.5) is 18.9 Å². The number of hydrogen-bond donors (Lipinski definition) is 1. The van der Waals surface area contributed by atoms with Gasteiger partial charge in [0.05, 0.1) is 12.0 Å². The first-order chi connectivity index (χ1) is 18.0. The zero-order chi connectivity index (χ0) is 27.4. The van der Waals surface area contributed by atoms with Crippen LogP contribution in [0.3, 0.4) is 0 Å². The van der Waals surface area contributed by atoms with Crippen LogP contribution >= 0.6 is 0 Å². The molecule has 38 heavy (non-hydrogen) atoms. The van der Waals surface area contributed by atoms with Crippen molar-refractivity contribution in [3.05, 3.63) is 95.6 Å². The molecule has 2 heterocycles. The summed E-state index contributed by atoms with van der Waals surface area (Å²) >= 11 is 0. The van der Waals surface area contributed by atoms with E-state index in [1.807, 2.05) is 6.92 Å². The van der Waals surface area contributed by atoms with Gasteiger partial charge in [0.25, 0.3) is 10.0 Å². The molecule has 0 unspecified atom stereocenters. The quantitative estimate of drug-likeness (QED) is 0.269. The average molecular weight is 538 g/mol. The van der Waals surface area contributed by atoms with Gasteiger partial charge in [0.1, 0.15) is 11.6 Å². The molecule has 0 spiro atoms. The Bertz CT molecular complexity index is 1830. The minimum Gasteiger partial charge on any atom is -0.493 e. The molecule has 3 aromatic carbocycles. The molecule has 10 heteroatoms. The first-order valence-corrected chi connectivity index (χ1v) is 12.9. The van der Waals surface area contributed by atoms with E-state index in [2.05, 4.69) is 4.98 Å². The van der Waals surface area contributed by atoms with Crippen LogP contribution in [0.2, 0.25) is 0 Å². The molecule has 0 aliphatic heterocycles. The molecule has 0 bridgehead atoms. The summed E-state index contributed by atoms with van der Waals surface area (Å²) in [6.45, 7) is 3.54. The Labute approximate surface area is 217 Å². The van der Waals surface area contributed by atoms with Crippen molar-refractivity contribution in [2.45, 2.75) is 18.7 Å². The van der Waals surface area contributed by atoms with E-state index >= 15 is 0 Å². The zero-order valence-electron chi connectivity index (χ0n) is 20.6. The third kappa shape index (κ3) is 4.16. The van der Waals surface area contributed by atoms with Crippen molar-refractivity contribution in [2.75, 3.05) is 12.8 Å². The van der Waals surface area contributed by atoms with Gasteiger partial charge in [-0.1, -0.05) is 17.7 Å². The highest BCUT2D eigenvalue weighted by Gasteiger charge is 2.26. The van der Waals surface area contributed by atoms with Gasteiger partial charge in [0, 0.05) is 46.2 Å². The van der Waals surface area contributed by atoms with Gasteiger partial charge in [0.2, 0.25) is 0 Å². The minimum absolute atomic E-state index is 0.00330. The van der Waals surface area contributed by atoms with Crippen LogP contribution in [0, 0.1) is 31.3 Å². The predicted molar refractivity (Wildman–Crippen MR) is 140 cm³/mol. The Morgan fingerprint density at radius 1 is 0.895 bits per heavy atom. The van der Waals surface area contributed by atoms with Crippen LogP contribution in [0.25, 0.3) is 33.3 Å². The van der Waals surface area contributed by atoms with Gasteiger partial charge in [-0.2, -0.15) is 0 Å². The number of nitrogens with zero attached hydrogens (tertiary/aromatic N) is 2. The van der Waals surface area contributed by atoms with E-state index in [0.29, 0.717) is 22.8 Å². The highest BCUT2D eigenvalue weighted by Crippen LogP contribution is 2.41. The van der Waals surface area contributed by atoms with Crippen molar-refractivity contribution in [1.82, 2.24) is 8.96 Å². The van der Waals surface area contributed by atoms with Crippen molar-refractivity contribution >= 4 is 26.7 Å². The van der Waals surface area contributed by atoms with E-state index in [4.69, 9.17) is 10.5 Å². The topological polar surface area (TPSA) is 87.2 Å². The van der Waals surface area contributed by atoms with Crippen LogP contribution in [0.1, 0.15) is 11.1 Å². The van der Waals surface area contributed by atoms with E-state index in [1.165, 1.54) is 43.8 Å². The van der Waals surface area contributed by atoms with Crippen molar-refractivity contribution in [3.8, 4) is 28.0 Å². The number of rotatable bonds is 5. The highest BCUT2D eigenvalue weighted by molar-refractivity contribution is 7.90. The fraction of sp³-hybridized carbons (Fsp3) is 0.107. The summed E-state index contributed by atoms with van der Waals surface area (Å²) in [6, 6.07) is 12.0. The number of halogens is 3. The Kier molecular flexibility index (Phi) is 6.15. The second-order valence-electron chi connectivity index (χ2n) is 8.89. The Hall–Kier alpha value is -4.31. The van der Waals surface area contributed by atoms with Crippen molar-refractivity contribution in [2.24, 2.45) is 0 Å².